The summed E-state index contributed by atoms with van der Waals surface area (Å²) in [6.45, 7) is 3.30. The van der Waals surface area contributed by atoms with Gasteiger partial charge >= 0.3 is 0 Å². The molecule has 6 nitrogen and oxygen atoms in total. The van der Waals surface area contributed by atoms with E-state index in [1.807, 2.05) is 48.7 Å². The molecule has 3 rings (SSSR count). The minimum Gasteiger partial charge on any atom is -0.491 e. The first-order valence-electron chi connectivity index (χ1n) is 10.2. The lowest BCUT2D eigenvalue weighted by molar-refractivity contribution is 0.0413. The number of halogens is 1. The second-order valence-electron chi connectivity index (χ2n) is 6.83. The van der Waals surface area contributed by atoms with E-state index in [4.69, 9.17) is 14.2 Å². The van der Waals surface area contributed by atoms with Crippen LogP contribution in [-0.2, 0) is 15.9 Å². The summed E-state index contributed by atoms with van der Waals surface area (Å²) in [5, 5.41) is 4.08. The van der Waals surface area contributed by atoms with E-state index < -0.39 is 0 Å². The van der Waals surface area contributed by atoms with Crippen molar-refractivity contribution >= 4 is 52.0 Å². The highest BCUT2D eigenvalue weighted by atomic mass is 127. The molecule has 31 heavy (non-hydrogen) atoms. The first kappa shape index (κ1) is 23.9. The lowest BCUT2D eigenvalue weighted by Gasteiger charge is -2.08. The van der Waals surface area contributed by atoms with Crippen molar-refractivity contribution < 1.29 is 19.0 Å². The van der Waals surface area contributed by atoms with Gasteiger partial charge in [-0.05, 0) is 77.0 Å². The van der Waals surface area contributed by atoms with Gasteiger partial charge in [-0.1, -0.05) is 0 Å². The number of benzene rings is 2. The van der Waals surface area contributed by atoms with Gasteiger partial charge in [-0.2, -0.15) is 12.6 Å². The van der Waals surface area contributed by atoms with Gasteiger partial charge in [-0.3, -0.25) is 4.79 Å². The van der Waals surface area contributed by atoms with Crippen LogP contribution < -0.4 is 10.1 Å². The number of aromatic nitrogens is 1. The molecular weight excluding hydrogens is 527 g/mol. The van der Waals surface area contributed by atoms with Crippen LogP contribution in [0.2, 0.25) is 0 Å². The van der Waals surface area contributed by atoms with Crippen LogP contribution in [0.4, 0.5) is 0 Å². The zero-order valence-corrected chi connectivity index (χ0v) is 20.3. The SMILES string of the molecule is O=C(NCCc1c[nH]c2ccc(OCCOCCOCCS)cc12)c1ccc(I)cc1. The van der Waals surface area contributed by atoms with Crippen LogP contribution >= 0.6 is 35.2 Å². The summed E-state index contributed by atoms with van der Waals surface area (Å²) in [5.74, 6) is 1.45. The fourth-order valence-electron chi connectivity index (χ4n) is 3.07. The molecule has 0 bridgehead atoms. The summed E-state index contributed by atoms with van der Waals surface area (Å²) < 4.78 is 17.7. The first-order chi connectivity index (χ1) is 15.2. The lowest BCUT2D eigenvalue weighted by atomic mass is 10.1. The van der Waals surface area contributed by atoms with Crippen molar-refractivity contribution in [1.82, 2.24) is 10.3 Å². The fourth-order valence-corrected chi connectivity index (χ4v) is 3.56. The summed E-state index contributed by atoms with van der Waals surface area (Å²) in [6, 6.07) is 13.5. The van der Waals surface area contributed by atoms with E-state index in [0.29, 0.717) is 50.9 Å². The van der Waals surface area contributed by atoms with Crippen LogP contribution in [0.1, 0.15) is 15.9 Å². The Bertz CT molecular complexity index is 962. The number of ether oxygens (including phenoxy) is 3. The average molecular weight is 554 g/mol. The molecule has 0 spiro atoms. The molecule has 1 aromatic heterocycles. The van der Waals surface area contributed by atoms with Crippen LogP contribution in [-0.4, -0.2) is 56.2 Å². The Labute approximate surface area is 201 Å². The summed E-state index contributed by atoms with van der Waals surface area (Å²) >= 11 is 6.31. The topological polar surface area (TPSA) is 72.6 Å². The van der Waals surface area contributed by atoms with Crippen molar-refractivity contribution in [3.63, 3.8) is 0 Å². The summed E-state index contributed by atoms with van der Waals surface area (Å²) in [4.78, 5) is 15.6. The maximum atomic E-state index is 12.3. The van der Waals surface area contributed by atoms with Gasteiger partial charge in [0.1, 0.15) is 12.4 Å². The van der Waals surface area contributed by atoms with Gasteiger partial charge in [0.25, 0.3) is 5.91 Å². The quantitative estimate of drug-likeness (QED) is 0.169. The number of fused-ring (bicyclic) bond motifs is 1. The van der Waals surface area contributed by atoms with E-state index in [1.54, 1.807) is 0 Å². The van der Waals surface area contributed by atoms with Gasteiger partial charge in [0.05, 0.1) is 26.4 Å². The van der Waals surface area contributed by atoms with Crippen LogP contribution in [0.25, 0.3) is 10.9 Å². The molecule has 3 aromatic rings. The molecule has 0 radical (unpaired) electrons. The molecular formula is C23H27IN2O4S. The number of amides is 1. The third kappa shape index (κ3) is 7.71. The van der Waals surface area contributed by atoms with Gasteiger partial charge in [0, 0.05) is 38.5 Å². The molecule has 8 heteroatoms. The van der Waals surface area contributed by atoms with E-state index in [9.17, 15) is 4.79 Å². The lowest BCUT2D eigenvalue weighted by Crippen LogP contribution is -2.25. The predicted octanol–water partition coefficient (Wildman–Crippen LogP) is 4.09. The first-order valence-corrected chi connectivity index (χ1v) is 11.9. The number of carbonyl (C=O) groups excluding carboxylic acids is 1. The molecule has 2 N–H and O–H groups in total. The minimum absolute atomic E-state index is 0.0590. The number of hydrogen-bond donors (Lipinski definition) is 3. The number of carbonyl (C=O) groups is 1. The van der Waals surface area contributed by atoms with Crippen molar-refractivity contribution in [1.29, 1.82) is 0 Å². The largest absolute Gasteiger partial charge is 0.491 e. The maximum Gasteiger partial charge on any atom is 0.251 e. The Morgan fingerprint density at radius 1 is 1.00 bits per heavy atom. The Morgan fingerprint density at radius 2 is 1.74 bits per heavy atom. The van der Waals surface area contributed by atoms with E-state index in [1.165, 1.54) is 0 Å². The van der Waals surface area contributed by atoms with Crippen molar-refractivity contribution in [2.45, 2.75) is 6.42 Å². The van der Waals surface area contributed by atoms with Gasteiger partial charge in [0.15, 0.2) is 0 Å². The van der Waals surface area contributed by atoms with Gasteiger partial charge in [-0.15, -0.1) is 0 Å². The summed E-state index contributed by atoms with van der Waals surface area (Å²) in [5.41, 5.74) is 2.86. The molecule has 0 aliphatic rings. The Morgan fingerprint density at radius 3 is 2.52 bits per heavy atom. The van der Waals surface area contributed by atoms with Gasteiger partial charge in [-0.25, -0.2) is 0 Å². The zero-order chi connectivity index (χ0) is 21.9. The van der Waals surface area contributed by atoms with Crippen molar-refractivity contribution in [2.24, 2.45) is 0 Å². The normalized spacial score (nSPS) is 11.0. The number of thiol groups is 1. The van der Waals surface area contributed by atoms with Gasteiger partial charge in [0.2, 0.25) is 0 Å². The zero-order valence-electron chi connectivity index (χ0n) is 17.2. The van der Waals surface area contributed by atoms with Gasteiger partial charge < -0.3 is 24.5 Å². The third-order valence-electron chi connectivity index (χ3n) is 4.63. The van der Waals surface area contributed by atoms with Crippen molar-refractivity contribution in [3.8, 4) is 5.75 Å². The average Bonchev–Trinajstić information content (AvgIpc) is 3.18. The predicted molar refractivity (Wildman–Crippen MR) is 134 cm³/mol. The van der Waals surface area contributed by atoms with Crippen molar-refractivity contribution in [3.05, 3.63) is 63.4 Å². The van der Waals surface area contributed by atoms with E-state index in [2.05, 4.69) is 45.5 Å². The Hall–Kier alpha value is -1.75. The molecule has 1 heterocycles. The molecule has 0 aliphatic heterocycles. The number of aromatic amines is 1. The Balaban J connectivity index is 1.45. The van der Waals surface area contributed by atoms with E-state index in [0.717, 1.165) is 32.2 Å². The van der Waals surface area contributed by atoms with Crippen LogP contribution in [0, 0.1) is 3.57 Å². The Kier molecular flexibility index (Phi) is 9.98. The number of hydrogen-bond acceptors (Lipinski definition) is 5. The highest BCUT2D eigenvalue weighted by Gasteiger charge is 2.08. The van der Waals surface area contributed by atoms with E-state index in [-0.39, 0.29) is 5.91 Å². The number of rotatable bonds is 13. The third-order valence-corrected chi connectivity index (χ3v) is 5.53. The summed E-state index contributed by atoms with van der Waals surface area (Å²) in [6.07, 6.45) is 2.72. The minimum atomic E-state index is -0.0590. The van der Waals surface area contributed by atoms with E-state index >= 15 is 0 Å². The van der Waals surface area contributed by atoms with Crippen LogP contribution in [0.15, 0.2) is 48.7 Å². The smallest absolute Gasteiger partial charge is 0.251 e. The molecule has 0 unspecified atom stereocenters. The maximum absolute atomic E-state index is 12.3. The number of H-pyrrole nitrogens is 1. The number of nitrogens with one attached hydrogen (secondary N) is 2. The molecule has 2 aromatic carbocycles. The molecule has 0 atom stereocenters. The second kappa shape index (κ2) is 12.9. The standard InChI is InChI=1S/C23H27IN2O4S/c24-19-3-1-17(2-4-19)23(27)25-8-7-18-16-26-22-6-5-20(15-21(18)22)30-12-11-28-9-10-29-13-14-31/h1-6,15-16,26,31H,7-14H2,(H,25,27). The molecule has 0 fully saturated rings. The van der Waals surface area contributed by atoms with Crippen LogP contribution in [0.5, 0.6) is 5.75 Å². The molecule has 0 saturated carbocycles. The molecule has 0 saturated heterocycles. The highest BCUT2D eigenvalue weighted by molar-refractivity contribution is 14.1. The molecule has 166 valence electrons. The summed E-state index contributed by atoms with van der Waals surface area (Å²) in [7, 11) is 0. The molecule has 0 aliphatic carbocycles. The monoisotopic (exact) mass is 554 g/mol. The fraction of sp³-hybridized carbons (Fsp3) is 0.348. The second-order valence-corrected chi connectivity index (χ2v) is 8.52. The van der Waals surface area contributed by atoms with Crippen LogP contribution in [0.3, 0.4) is 0 Å². The highest BCUT2D eigenvalue weighted by Crippen LogP contribution is 2.24. The van der Waals surface area contributed by atoms with Crippen molar-refractivity contribution in [2.75, 3.05) is 45.3 Å². The molecule has 1 amide bonds.